The van der Waals surface area contributed by atoms with Crippen molar-refractivity contribution in [3.63, 3.8) is 0 Å². The number of esters is 1. The number of nitrogens with zero attached hydrogens (tertiary/aromatic N) is 5. The molecule has 0 saturated heterocycles. The highest BCUT2D eigenvalue weighted by molar-refractivity contribution is 6.06. The molecular formula is C17H11FN6O3. The van der Waals surface area contributed by atoms with Gasteiger partial charge in [0.25, 0.3) is 5.91 Å². The zero-order chi connectivity index (χ0) is 19.4. The zero-order valence-electron chi connectivity index (χ0n) is 13.9. The van der Waals surface area contributed by atoms with Crippen molar-refractivity contribution in [2.45, 2.75) is 0 Å². The highest BCUT2D eigenvalue weighted by Crippen LogP contribution is 2.17. The SMILES string of the molecule is COC(=O)c1cc(F)ncc1NC(=O)c1ccc(-n2ccc(C#N)c2)nn1. The van der Waals surface area contributed by atoms with Gasteiger partial charge >= 0.3 is 5.97 Å². The van der Waals surface area contributed by atoms with Gasteiger partial charge in [-0.2, -0.15) is 9.65 Å². The molecular weight excluding hydrogens is 355 g/mol. The molecule has 0 aliphatic rings. The maximum absolute atomic E-state index is 13.3. The van der Waals surface area contributed by atoms with Crippen molar-refractivity contribution in [3.05, 3.63) is 65.6 Å². The molecule has 1 amide bonds. The van der Waals surface area contributed by atoms with Crippen LogP contribution in [0.2, 0.25) is 0 Å². The molecule has 3 heterocycles. The molecule has 3 aromatic heterocycles. The molecule has 0 spiro atoms. The number of anilines is 1. The molecule has 10 heteroatoms. The molecule has 0 bridgehead atoms. The van der Waals surface area contributed by atoms with Gasteiger partial charge in [0.15, 0.2) is 11.5 Å². The fourth-order valence-electron chi connectivity index (χ4n) is 2.18. The molecule has 0 aliphatic carbocycles. The highest BCUT2D eigenvalue weighted by Gasteiger charge is 2.17. The van der Waals surface area contributed by atoms with Crippen LogP contribution in [-0.4, -0.2) is 38.7 Å². The first-order valence-corrected chi connectivity index (χ1v) is 7.49. The van der Waals surface area contributed by atoms with Crippen molar-refractivity contribution in [1.29, 1.82) is 5.26 Å². The van der Waals surface area contributed by atoms with Crippen LogP contribution in [0.5, 0.6) is 0 Å². The van der Waals surface area contributed by atoms with E-state index in [1.165, 1.54) is 12.1 Å². The minimum Gasteiger partial charge on any atom is -0.465 e. The molecule has 3 rings (SSSR count). The Morgan fingerprint density at radius 3 is 2.74 bits per heavy atom. The molecule has 9 nitrogen and oxygen atoms in total. The Balaban J connectivity index is 1.81. The van der Waals surface area contributed by atoms with Crippen molar-refractivity contribution in [3.8, 4) is 11.9 Å². The van der Waals surface area contributed by atoms with Crippen molar-refractivity contribution in [2.24, 2.45) is 0 Å². The van der Waals surface area contributed by atoms with Crippen LogP contribution in [0.15, 0.2) is 42.9 Å². The number of aromatic nitrogens is 4. The summed E-state index contributed by atoms with van der Waals surface area (Å²) in [5, 5.41) is 19.0. The largest absolute Gasteiger partial charge is 0.465 e. The molecule has 0 saturated carbocycles. The molecule has 3 aromatic rings. The van der Waals surface area contributed by atoms with Gasteiger partial charge in [-0.05, 0) is 18.2 Å². The quantitative estimate of drug-likeness (QED) is 0.551. The van der Waals surface area contributed by atoms with Gasteiger partial charge in [-0.3, -0.25) is 4.79 Å². The summed E-state index contributed by atoms with van der Waals surface area (Å²) in [5.74, 6) is -1.97. The van der Waals surface area contributed by atoms with Crippen molar-refractivity contribution in [2.75, 3.05) is 12.4 Å². The van der Waals surface area contributed by atoms with Gasteiger partial charge < -0.3 is 14.6 Å². The normalized spacial score (nSPS) is 10.1. The number of methoxy groups -OCH3 is 1. The number of nitrogens with one attached hydrogen (secondary N) is 1. The third-order valence-corrected chi connectivity index (χ3v) is 3.49. The summed E-state index contributed by atoms with van der Waals surface area (Å²) in [5.41, 5.74) is 0.215. The monoisotopic (exact) mass is 366 g/mol. The number of amides is 1. The van der Waals surface area contributed by atoms with Crippen LogP contribution < -0.4 is 5.32 Å². The number of carbonyl (C=O) groups is 2. The van der Waals surface area contributed by atoms with Gasteiger partial charge in [-0.1, -0.05) is 0 Å². The number of halogens is 1. The summed E-state index contributed by atoms with van der Waals surface area (Å²) >= 11 is 0. The van der Waals surface area contributed by atoms with E-state index in [1.807, 2.05) is 6.07 Å². The molecule has 134 valence electrons. The average molecular weight is 366 g/mol. The molecule has 0 radical (unpaired) electrons. The molecule has 27 heavy (non-hydrogen) atoms. The van der Waals surface area contributed by atoms with Crippen molar-refractivity contribution in [1.82, 2.24) is 19.7 Å². The van der Waals surface area contributed by atoms with Crippen LogP contribution in [0.3, 0.4) is 0 Å². The third-order valence-electron chi connectivity index (χ3n) is 3.49. The van der Waals surface area contributed by atoms with Crippen molar-refractivity contribution < 1.29 is 18.7 Å². The van der Waals surface area contributed by atoms with Crippen LogP contribution in [0.25, 0.3) is 5.82 Å². The zero-order valence-corrected chi connectivity index (χ0v) is 13.9. The Kier molecular flexibility index (Phi) is 4.85. The average Bonchev–Trinajstić information content (AvgIpc) is 3.18. The first-order chi connectivity index (χ1) is 13.0. The number of ether oxygens (including phenoxy) is 1. The fourth-order valence-corrected chi connectivity index (χ4v) is 2.18. The fraction of sp³-hybridized carbons (Fsp3) is 0.0588. The number of hydrogen-bond donors (Lipinski definition) is 1. The van der Waals surface area contributed by atoms with Crippen LogP contribution in [0, 0.1) is 17.3 Å². The summed E-state index contributed by atoms with van der Waals surface area (Å²) < 4.78 is 19.4. The number of carbonyl (C=O) groups excluding carboxylic acids is 2. The van der Waals surface area contributed by atoms with Crippen LogP contribution in [0.1, 0.15) is 26.4 Å². The summed E-state index contributed by atoms with van der Waals surface area (Å²) in [6, 6.07) is 7.41. The van der Waals surface area contributed by atoms with Crippen LogP contribution in [0.4, 0.5) is 10.1 Å². The minimum atomic E-state index is -0.888. The molecule has 0 fully saturated rings. The second-order valence-electron chi connectivity index (χ2n) is 5.19. The lowest BCUT2D eigenvalue weighted by molar-refractivity contribution is 0.0601. The lowest BCUT2D eigenvalue weighted by atomic mass is 10.2. The van der Waals surface area contributed by atoms with E-state index in [9.17, 15) is 14.0 Å². The van der Waals surface area contributed by atoms with E-state index in [0.717, 1.165) is 19.4 Å². The third kappa shape index (κ3) is 3.77. The van der Waals surface area contributed by atoms with Gasteiger partial charge in [0, 0.05) is 18.5 Å². The van der Waals surface area contributed by atoms with Gasteiger partial charge in [0.2, 0.25) is 5.95 Å². The maximum Gasteiger partial charge on any atom is 0.340 e. The topological polar surface area (TPSA) is 123 Å². The van der Waals surface area contributed by atoms with E-state index in [4.69, 9.17) is 5.26 Å². The number of rotatable bonds is 4. The Morgan fingerprint density at radius 2 is 2.11 bits per heavy atom. The van der Waals surface area contributed by atoms with Crippen molar-refractivity contribution >= 4 is 17.6 Å². The number of pyridine rings is 1. The second kappa shape index (κ2) is 7.40. The van der Waals surface area contributed by atoms with Gasteiger partial charge in [-0.25, -0.2) is 9.78 Å². The molecule has 1 N–H and O–H groups in total. The molecule has 0 atom stereocenters. The Bertz CT molecular complexity index is 1060. The molecule has 0 aliphatic heterocycles. The second-order valence-corrected chi connectivity index (χ2v) is 5.19. The maximum atomic E-state index is 13.3. The van der Waals surface area contributed by atoms with Gasteiger partial charge in [0.05, 0.1) is 30.1 Å². The summed E-state index contributed by atoms with van der Waals surface area (Å²) in [7, 11) is 1.13. The first-order valence-electron chi connectivity index (χ1n) is 7.49. The van der Waals surface area contributed by atoms with E-state index in [-0.39, 0.29) is 16.9 Å². The Morgan fingerprint density at radius 1 is 1.30 bits per heavy atom. The van der Waals surface area contributed by atoms with E-state index in [0.29, 0.717) is 11.4 Å². The lowest BCUT2D eigenvalue weighted by Gasteiger charge is -2.09. The predicted molar refractivity (Wildman–Crippen MR) is 89.6 cm³/mol. The predicted octanol–water partition coefficient (Wildman–Crippen LogP) is 1.71. The smallest absolute Gasteiger partial charge is 0.340 e. The number of nitriles is 1. The first kappa shape index (κ1) is 17.7. The molecule has 0 unspecified atom stereocenters. The minimum absolute atomic E-state index is 0.0248. The van der Waals surface area contributed by atoms with E-state index in [2.05, 4.69) is 25.2 Å². The lowest BCUT2D eigenvalue weighted by Crippen LogP contribution is -2.18. The van der Waals surface area contributed by atoms with E-state index in [1.54, 1.807) is 23.0 Å². The van der Waals surface area contributed by atoms with Crippen LogP contribution in [-0.2, 0) is 4.74 Å². The summed E-state index contributed by atoms with van der Waals surface area (Å²) in [6.45, 7) is 0. The summed E-state index contributed by atoms with van der Waals surface area (Å²) in [4.78, 5) is 27.4. The summed E-state index contributed by atoms with van der Waals surface area (Å²) in [6.07, 6.45) is 4.20. The Labute approximate surface area is 152 Å². The van der Waals surface area contributed by atoms with E-state index < -0.39 is 17.8 Å². The van der Waals surface area contributed by atoms with Crippen LogP contribution >= 0.6 is 0 Å². The van der Waals surface area contributed by atoms with E-state index >= 15 is 0 Å². The van der Waals surface area contributed by atoms with Gasteiger partial charge in [0.1, 0.15) is 6.07 Å². The Hall–Kier alpha value is -4.13. The standard InChI is InChI=1S/C17H11FN6O3/c1-27-17(26)11-6-14(18)20-8-13(11)21-16(25)12-2-3-15(23-22-12)24-5-4-10(7-19)9-24/h2-6,8-9H,1H3,(H,21,25). The number of hydrogen-bond acceptors (Lipinski definition) is 7. The van der Waals surface area contributed by atoms with Gasteiger partial charge in [-0.15, -0.1) is 10.2 Å². The molecule has 0 aromatic carbocycles. The highest BCUT2D eigenvalue weighted by atomic mass is 19.1.